The molecule has 0 saturated carbocycles. The van der Waals surface area contributed by atoms with Crippen molar-refractivity contribution in [2.45, 2.75) is 0 Å². The van der Waals surface area contributed by atoms with Crippen molar-refractivity contribution in [3.05, 3.63) is 140 Å². The molecule has 0 aliphatic heterocycles. The summed E-state index contributed by atoms with van der Waals surface area (Å²) >= 11 is 0. The molecule has 0 atom stereocenters. The van der Waals surface area contributed by atoms with E-state index in [1.165, 1.54) is 0 Å². The molecule has 0 aliphatic carbocycles. The molecule has 0 aliphatic rings. The number of nitrogens with zero attached hydrogens (tertiary/aromatic N) is 3. The first-order valence-electron chi connectivity index (χ1n) is 15.0. The fraction of sp³-hybridized carbons (Fsp3) is 0. The Morgan fingerprint density at radius 1 is 0.422 bits per heavy atom. The summed E-state index contributed by atoms with van der Waals surface area (Å²) in [4.78, 5) is 10.5. The Bertz CT molecular complexity index is 2770. The Morgan fingerprint density at radius 2 is 1.04 bits per heavy atom. The van der Waals surface area contributed by atoms with E-state index in [1.807, 2.05) is 54.6 Å². The van der Waals surface area contributed by atoms with Crippen molar-refractivity contribution in [2.75, 3.05) is 0 Å². The maximum atomic E-state index is 6.58. The highest BCUT2D eigenvalue weighted by Crippen LogP contribution is 2.40. The van der Waals surface area contributed by atoms with Crippen molar-refractivity contribution in [3.63, 3.8) is 0 Å². The lowest BCUT2D eigenvalue weighted by Gasteiger charge is -2.12. The Kier molecular flexibility index (Phi) is 4.93. The van der Waals surface area contributed by atoms with Crippen LogP contribution in [0.15, 0.2) is 148 Å². The van der Waals surface area contributed by atoms with Gasteiger partial charge in [-0.3, -0.25) is 4.57 Å². The fourth-order valence-electron chi connectivity index (χ4n) is 6.76. The van der Waals surface area contributed by atoms with Crippen molar-refractivity contribution < 1.29 is 8.83 Å². The molecule has 0 saturated heterocycles. The van der Waals surface area contributed by atoms with Crippen LogP contribution >= 0.6 is 0 Å². The first kappa shape index (κ1) is 24.3. The van der Waals surface area contributed by atoms with Crippen molar-refractivity contribution in [3.8, 4) is 28.5 Å². The van der Waals surface area contributed by atoms with E-state index < -0.39 is 0 Å². The van der Waals surface area contributed by atoms with Gasteiger partial charge in [0.1, 0.15) is 22.3 Å². The van der Waals surface area contributed by atoms with Gasteiger partial charge in [0.2, 0.25) is 5.95 Å². The first-order chi connectivity index (χ1) is 22.3. The quantitative estimate of drug-likeness (QED) is 0.210. The third-order valence-corrected chi connectivity index (χ3v) is 8.84. The average Bonchev–Trinajstić information content (AvgIpc) is 3.78. The average molecular weight is 578 g/mol. The molecule has 0 N–H and O–H groups in total. The molecular weight excluding hydrogens is 554 g/mol. The lowest BCUT2D eigenvalue weighted by molar-refractivity contribution is 0.669. The van der Waals surface area contributed by atoms with Crippen LogP contribution in [-0.2, 0) is 0 Å². The van der Waals surface area contributed by atoms with E-state index in [-0.39, 0.29) is 0 Å². The van der Waals surface area contributed by atoms with E-state index in [4.69, 9.17) is 18.8 Å². The summed E-state index contributed by atoms with van der Waals surface area (Å²) in [6.07, 6.45) is 0. The third-order valence-electron chi connectivity index (χ3n) is 8.84. The zero-order valence-electron chi connectivity index (χ0n) is 23.9. The molecule has 0 radical (unpaired) electrons. The van der Waals surface area contributed by atoms with E-state index >= 15 is 0 Å². The molecule has 4 aromatic heterocycles. The minimum atomic E-state index is 0.586. The van der Waals surface area contributed by atoms with Crippen LogP contribution in [0, 0.1) is 0 Å². The molecule has 5 heteroatoms. The number of para-hydroxylation sites is 3. The molecule has 0 bridgehead atoms. The summed E-state index contributed by atoms with van der Waals surface area (Å²) in [6.45, 7) is 0. The molecule has 10 aromatic rings. The van der Waals surface area contributed by atoms with E-state index in [0.717, 1.165) is 88.2 Å². The van der Waals surface area contributed by atoms with Crippen LogP contribution in [0.2, 0.25) is 0 Å². The van der Waals surface area contributed by atoms with Crippen LogP contribution in [0.3, 0.4) is 0 Å². The molecule has 10 rings (SSSR count). The van der Waals surface area contributed by atoms with Crippen LogP contribution in [0.4, 0.5) is 0 Å². The van der Waals surface area contributed by atoms with Crippen LogP contribution < -0.4 is 0 Å². The van der Waals surface area contributed by atoms with E-state index in [2.05, 4.69) is 89.5 Å². The van der Waals surface area contributed by atoms with Crippen LogP contribution in [-0.4, -0.2) is 14.5 Å². The Morgan fingerprint density at radius 3 is 1.87 bits per heavy atom. The van der Waals surface area contributed by atoms with Crippen LogP contribution in [0.1, 0.15) is 0 Å². The molecule has 6 aromatic carbocycles. The SMILES string of the molecule is c1ccc(-c2cc(-c3ccc4oc5ccccc5c4c3)nc(-n3c4ccccc4c4ccc5c6ccccc6oc5c43)n2)cc1. The van der Waals surface area contributed by atoms with Gasteiger partial charge in [-0.15, -0.1) is 0 Å². The molecule has 0 fully saturated rings. The van der Waals surface area contributed by atoms with Crippen molar-refractivity contribution >= 4 is 65.7 Å². The molecular formula is C40H23N3O2. The predicted octanol–water partition coefficient (Wildman–Crippen LogP) is 10.7. The van der Waals surface area contributed by atoms with Crippen molar-refractivity contribution in [2.24, 2.45) is 0 Å². The summed E-state index contributed by atoms with van der Waals surface area (Å²) in [5, 5.41) is 6.52. The van der Waals surface area contributed by atoms with Gasteiger partial charge in [0.15, 0.2) is 5.58 Å². The summed E-state index contributed by atoms with van der Waals surface area (Å²) in [7, 11) is 0. The summed E-state index contributed by atoms with van der Waals surface area (Å²) < 4.78 is 14.9. The van der Waals surface area contributed by atoms with Gasteiger partial charge in [-0.2, -0.15) is 0 Å². The van der Waals surface area contributed by atoms with Crippen LogP contribution in [0.25, 0.3) is 94.1 Å². The Labute approximate surface area is 256 Å². The standard InChI is InChI=1S/C40H23N3O2/c1-2-10-24(11-3-1)32-23-33(25-18-21-37-31(22-25)28-14-6-8-16-35(28)44-37)42-40(41-32)43-34-15-7-4-12-26(34)29-19-20-30-27-13-5-9-17-36(27)45-39(30)38(29)43/h1-23H. The van der Waals surface area contributed by atoms with E-state index in [0.29, 0.717) is 5.95 Å². The second kappa shape index (κ2) is 9.15. The highest BCUT2D eigenvalue weighted by atomic mass is 16.3. The fourth-order valence-corrected chi connectivity index (χ4v) is 6.76. The number of aromatic nitrogens is 3. The number of rotatable bonds is 3. The monoisotopic (exact) mass is 577 g/mol. The highest BCUT2D eigenvalue weighted by molar-refractivity contribution is 6.21. The van der Waals surface area contributed by atoms with Gasteiger partial charge in [-0.05, 0) is 48.5 Å². The summed E-state index contributed by atoms with van der Waals surface area (Å²) in [5.41, 5.74) is 9.07. The van der Waals surface area contributed by atoms with Gasteiger partial charge in [0, 0.05) is 43.4 Å². The smallest absolute Gasteiger partial charge is 0.235 e. The molecule has 0 unspecified atom stereocenters. The first-order valence-corrected chi connectivity index (χ1v) is 15.0. The number of furan rings is 2. The lowest BCUT2D eigenvalue weighted by Crippen LogP contribution is -2.04. The van der Waals surface area contributed by atoms with Gasteiger partial charge in [-0.25, -0.2) is 9.97 Å². The Hall–Kier alpha value is -6.20. The van der Waals surface area contributed by atoms with Gasteiger partial charge >= 0.3 is 0 Å². The molecule has 45 heavy (non-hydrogen) atoms. The molecule has 0 amide bonds. The Balaban J connectivity index is 1.31. The normalized spacial score (nSPS) is 12.0. The van der Waals surface area contributed by atoms with Crippen LogP contribution in [0.5, 0.6) is 0 Å². The van der Waals surface area contributed by atoms with Gasteiger partial charge in [0.25, 0.3) is 0 Å². The highest BCUT2D eigenvalue weighted by Gasteiger charge is 2.21. The van der Waals surface area contributed by atoms with E-state index in [1.54, 1.807) is 0 Å². The predicted molar refractivity (Wildman–Crippen MR) is 182 cm³/mol. The molecule has 5 nitrogen and oxygen atoms in total. The second-order valence-electron chi connectivity index (χ2n) is 11.4. The maximum absolute atomic E-state index is 6.58. The van der Waals surface area contributed by atoms with Gasteiger partial charge in [0.05, 0.1) is 16.9 Å². The summed E-state index contributed by atoms with van der Waals surface area (Å²) in [6, 6.07) is 47.8. The molecule has 0 spiro atoms. The molecule has 210 valence electrons. The topological polar surface area (TPSA) is 57.0 Å². The van der Waals surface area contributed by atoms with E-state index in [9.17, 15) is 0 Å². The lowest BCUT2D eigenvalue weighted by atomic mass is 10.0. The third kappa shape index (κ3) is 3.55. The minimum Gasteiger partial charge on any atom is -0.456 e. The van der Waals surface area contributed by atoms with Crippen molar-refractivity contribution in [1.29, 1.82) is 0 Å². The number of fused-ring (bicyclic) bond motifs is 10. The zero-order chi connectivity index (χ0) is 29.5. The van der Waals surface area contributed by atoms with Gasteiger partial charge in [-0.1, -0.05) is 91.0 Å². The number of hydrogen-bond acceptors (Lipinski definition) is 4. The largest absolute Gasteiger partial charge is 0.456 e. The zero-order valence-corrected chi connectivity index (χ0v) is 23.9. The second-order valence-corrected chi connectivity index (χ2v) is 11.4. The molecule has 4 heterocycles. The van der Waals surface area contributed by atoms with Crippen molar-refractivity contribution in [1.82, 2.24) is 14.5 Å². The van der Waals surface area contributed by atoms with Gasteiger partial charge < -0.3 is 8.83 Å². The minimum absolute atomic E-state index is 0.586. The maximum Gasteiger partial charge on any atom is 0.235 e. The summed E-state index contributed by atoms with van der Waals surface area (Å²) in [5.74, 6) is 0.586. The number of benzene rings is 6. The number of hydrogen-bond donors (Lipinski definition) is 0.